The Labute approximate surface area is 316 Å². The predicted molar refractivity (Wildman–Crippen MR) is 223 cm³/mol. The molecule has 0 amide bonds. The first-order valence-electron chi connectivity index (χ1n) is 21.0. The lowest BCUT2D eigenvalue weighted by Crippen LogP contribution is -2.71. The van der Waals surface area contributed by atoms with E-state index in [1.807, 2.05) is 7.11 Å². The van der Waals surface area contributed by atoms with E-state index in [-0.39, 0.29) is 16.6 Å². The summed E-state index contributed by atoms with van der Waals surface area (Å²) in [7, 11) is 13.3. The fourth-order valence-corrected chi connectivity index (χ4v) is 11.0. The Bertz CT molecular complexity index is 1060. The molecule has 0 aromatic carbocycles. The molecule has 0 saturated carbocycles. The summed E-state index contributed by atoms with van der Waals surface area (Å²) in [5, 5.41) is 0. The normalized spacial score (nSPS) is 43.9. The molecule has 3 saturated heterocycles. The van der Waals surface area contributed by atoms with E-state index in [1.165, 1.54) is 51.4 Å². The predicted octanol–water partition coefficient (Wildman–Crippen LogP) is 11.2. The van der Waals surface area contributed by atoms with Gasteiger partial charge < -0.3 is 9.64 Å². The average molecular weight is 707 g/mol. The highest BCUT2D eigenvalue weighted by molar-refractivity contribution is 5.14. The Balaban J connectivity index is 0.000000375. The van der Waals surface area contributed by atoms with E-state index in [0.717, 1.165) is 6.42 Å². The van der Waals surface area contributed by atoms with Crippen LogP contribution >= 0.6 is 0 Å². The van der Waals surface area contributed by atoms with E-state index >= 15 is 0 Å². The maximum atomic E-state index is 5.72. The molecule has 0 aromatic heterocycles. The lowest BCUT2D eigenvalue weighted by atomic mass is 9.49. The molecule has 0 radical (unpaired) electrons. The number of ether oxygens (including phenoxy) is 1. The molecule has 3 aliphatic heterocycles. The molecule has 300 valence electrons. The molecule has 5 nitrogen and oxygen atoms in total. The van der Waals surface area contributed by atoms with E-state index in [0.29, 0.717) is 51.4 Å². The summed E-state index contributed by atoms with van der Waals surface area (Å²) in [5.74, 6) is 1.30. The van der Waals surface area contributed by atoms with Crippen LogP contribution in [0.25, 0.3) is 0 Å². The van der Waals surface area contributed by atoms with Crippen LogP contribution in [-0.4, -0.2) is 107 Å². The average Bonchev–Trinajstić information content (AvgIpc) is 3.08. The first-order valence-corrected chi connectivity index (χ1v) is 21.0. The Morgan fingerprint density at radius 3 is 1.30 bits per heavy atom. The number of hydrogen-bond donors (Lipinski definition) is 0. The lowest BCUT2D eigenvalue weighted by molar-refractivity contribution is -0.175. The molecule has 10 unspecified atom stereocenters. The maximum Gasteiger partial charge on any atom is 0.0631 e. The Hall–Kier alpha value is -0.200. The first kappa shape index (κ1) is 47.8. The van der Waals surface area contributed by atoms with Crippen molar-refractivity contribution in [2.45, 2.75) is 228 Å². The van der Waals surface area contributed by atoms with Crippen LogP contribution in [0.15, 0.2) is 0 Å². The van der Waals surface area contributed by atoms with Crippen LogP contribution in [0, 0.1) is 22.7 Å². The Kier molecular flexibility index (Phi) is 15.9. The molecule has 3 heterocycles. The van der Waals surface area contributed by atoms with Crippen LogP contribution in [0.5, 0.6) is 0 Å². The minimum Gasteiger partial charge on any atom is -0.381 e. The van der Waals surface area contributed by atoms with E-state index in [1.54, 1.807) is 0 Å². The number of hydrogen-bond acceptors (Lipinski definition) is 5. The van der Waals surface area contributed by atoms with Crippen molar-refractivity contribution in [3.8, 4) is 0 Å². The zero-order chi connectivity index (χ0) is 39.7. The minimum atomic E-state index is 0.254. The van der Waals surface area contributed by atoms with Gasteiger partial charge in [-0.3, -0.25) is 14.7 Å². The van der Waals surface area contributed by atoms with Gasteiger partial charge in [-0.2, -0.15) is 0 Å². The van der Waals surface area contributed by atoms with Gasteiger partial charge in [0.15, 0.2) is 0 Å². The van der Waals surface area contributed by atoms with Crippen LogP contribution in [0.4, 0.5) is 0 Å². The van der Waals surface area contributed by atoms with Gasteiger partial charge in [-0.15, -0.1) is 0 Å². The fraction of sp³-hybridized carbons (Fsp3) is 1.00. The highest BCUT2D eigenvalue weighted by Gasteiger charge is 2.60. The van der Waals surface area contributed by atoms with Crippen molar-refractivity contribution in [3.05, 3.63) is 0 Å². The van der Waals surface area contributed by atoms with Gasteiger partial charge in [0.1, 0.15) is 0 Å². The van der Waals surface area contributed by atoms with Crippen LogP contribution in [0.1, 0.15) is 182 Å². The standard InChI is InChI=1S/C16H33N.C15H32N2.C14H29NO/c1-10-15(7)12-13(3,4)14(5,6)16(8,11-2)17(15)9;1-9-14(4)11-13(16(6)7)12(3)15(5,10-2)17(14)8;1-8-13(4)10-12(16-7)11(3)14(5,9-2)15(13)6/h10-12H2,1-9H3;12-13H,9-11H2,1-8H3;11-12H,8-10H2,1-7H3. The third-order valence-electron chi connectivity index (χ3n) is 18.3. The molecule has 0 spiro atoms. The molecule has 0 N–H and O–H groups in total. The monoisotopic (exact) mass is 707 g/mol. The van der Waals surface area contributed by atoms with Gasteiger partial charge in [-0.05, 0) is 151 Å². The maximum absolute atomic E-state index is 5.72. The number of rotatable bonds is 8. The summed E-state index contributed by atoms with van der Waals surface area (Å²) >= 11 is 0. The van der Waals surface area contributed by atoms with Gasteiger partial charge in [-0.25, -0.2) is 0 Å². The van der Waals surface area contributed by atoms with Gasteiger partial charge in [0, 0.05) is 52.3 Å². The summed E-state index contributed by atoms with van der Waals surface area (Å²) in [6, 6.07) is 0.695. The quantitative estimate of drug-likeness (QED) is 0.250. The smallest absolute Gasteiger partial charge is 0.0631 e. The molecule has 0 bridgehead atoms. The number of nitrogens with zero attached hydrogens (tertiary/aromatic N) is 4. The zero-order valence-corrected chi connectivity index (χ0v) is 38.9. The van der Waals surface area contributed by atoms with Gasteiger partial charge in [0.25, 0.3) is 0 Å². The summed E-state index contributed by atoms with van der Waals surface area (Å²) in [4.78, 5) is 10.4. The topological polar surface area (TPSA) is 22.2 Å². The number of likely N-dealkylation sites (tertiary alicyclic amines) is 3. The molecule has 0 aromatic rings. The highest BCUT2D eigenvalue weighted by atomic mass is 16.5. The molecule has 3 aliphatic rings. The summed E-state index contributed by atoms with van der Waals surface area (Å²) in [6.45, 7) is 43.1. The van der Waals surface area contributed by atoms with Crippen molar-refractivity contribution in [3.63, 3.8) is 0 Å². The summed E-state index contributed by atoms with van der Waals surface area (Å²) in [6.07, 6.45) is 11.4. The molecular formula is C45H94N4O. The minimum absolute atomic E-state index is 0.254. The number of methoxy groups -OCH3 is 1. The van der Waals surface area contributed by atoms with Crippen molar-refractivity contribution in [1.29, 1.82) is 0 Å². The molecule has 0 aliphatic carbocycles. The SMILES string of the molecule is CCC1(C)CC(C)(C)C(C)(C)C(C)(CC)N1C.CCC1(C)CC(N(C)C)C(C)C(C)(CC)N1C.CCC1(C)CC(OC)C(C)C(C)(CC)N1C. The van der Waals surface area contributed by atoms with Crippen molar-refractivity contribution >= 4 is 0 Å². The second-order valence-electron chi connectivity index (χ2n) is 20.3. The van der Waals surface area contributed by atoms with E-state index in [9.17, 15) is 0 Å². The third kappa shape index (κ3) is 8.08. The molecule has 10 atom stereocenters. The molecule has 3 fully saturated rings. The molecular weight excluding hydrogens is 613 g/mol. The van der Waals surface area contributed by atoms with Crippen LogP contribution < -0.4 is 0 Å². The summed E-state index contributed by atoms with van der Waals surface area (Å²) < 4.78 is 5.72. The van der Waals surface area contributed by atoms with Gasteiger partial charge in [0.2, 0.25) is 0 Å². The zero-order valence-electron chi connectivity index (χ0n) is 38.9. The Morgan fingerprint density at radius 1 is 0.560 bits per heavy atom. The second-order valence-corrected chi connectivity index (χ2v) is 20.3. The molecule has 3 rings (SSSR count). The van der Waals surface area contributed by atoms with Crippen molar-refractivity contribution in [2.24, 2.45) is 22.7 Å². The highest BCUT2D eigenvalue weighted by Crippen LogP contribution is 2.60. The van der Waals surface area contributed by atoms with Crippen LogP contribution in [-0.2, 0) is 4.74 Å². The third-order valence-corrected chi connectivity index (χ3v) is 18.3. The van der Waals surface area contributed by atoms with E-state index in [2.05, 4.69) is 179 Å². The fourth-order valence-electron chi connectivity index (χ4n) is 11.0. The van der Waals surface area contributed by atoms with Gasteiger partial charge >= 0.3 is 0 Å². The van der Waals surface area contributed by atoms with Crippen LogP contribution in [0.2, 0.25) is 0 Å². The largest absolute Gasteiger partial charge is 0.381 e. The second kappa shape index (κ2) is 16.7. The number of piperidine rings is 3. The lowest BCUT2D eigenvalue weighted by Gasteiger charge is -2.68. The van der Waals surface area contributed by atoms with Crippen molar-refractivity contribution < 1.29 is 4.74 Å². The van der Waals surface area contributed by atoms with Gasteiger partial charge in [-0.1, -0.05) is 83.1 Å². The first-order chi connectivity index (χ1) is 22.6. The van der Waals surface area contributed by atoms with Crippen LogP contribution in [0.3, 0.4) is 0 Å². The molecule has 50 heavy (non-hydrogen) atoms. The molecule has 5 heteroatoms. The van der Waals surface area contributed by atoms with E-state index < -0.39 is 0 Å². The van der Waals surface area contributed by atoms with Crippen molar-refractivity contribution in [1.82, 2.24) is 19.6 Å². The Morgan fingerprint density at radius 2 is 0.960 bits per heavy atom. The summed E-state index contributed by atoms with van der Waals surface area (Å²) in [5.41, 5.74) is 2.52. The van der Waals surface area contributed by atoms with Gasteiger partial charge in [0.05, 0.1) is 6.10 Å². The van der Waals surface area contributed by atoms with E-state index in [4.69, 9.17) is 4.74 Å². The van der Waals surface area contributed by atoms with Crippen molar-refractivity contribution in [2.75, 3.05) is 42.3 Å².